The van der Waals surface area contributed by atoms with Crippen molar-refractivity contribution < 1.29 is 0 Å². The third-order valence-corrected chi connectivity index (χ3v) is 5.84. The molecule has 114 valence electrons. The Balaban J connectivity index is 1.87. The molecular weight excluding hydrogens is 364 g/mol. The molecule has 1 heterocycles. The van der Waals surface area contributed by atoms with Crippen molar-refractivity contribution in [3.8, 4) is 0 Å². The molecule has 0 amide bonds. The lowest BCUT2D eigenvalue weighted by molar-refractivity contribution is 0.554. The fourth-order valence-corrected chi connectivity index (χ4v) is 4.06. The first-order valence-electron chi connectivity index (χ1n) is 7.09. The number of hydrogen-bond acceptors (Lipinski definition) is 4. The van der Waals surface area contributed by atoms with Gasteiger partial charge in [-0.1, -0.05) is 29.8 Å². The summed E-state index contributed by atoms with van der Waals surface area (Å²) in [5, 5.41) is 4.70. The number of thiazole rings is 1. The highest BCUT2D eigenvalue weighted by Crippen LogP contribution is 2.27. The lowest BCUT2D eigenvalue weighted by Crippen LogP contribution is -2.18. The summed E-state index contributed by atoms with van der Waals surface area (Å²) in [4.78, 5) is 7.34. The van der Waals surface area contributed by atoms with Crippen LogP contribution in [0.5, 0.6) is 0 Å². The Morgan fingerprint density at radius 3 is 2.67 bits per heavy atom. The van der Waals surface area contributed by atoms with Crippen LogP contribution in [0.2, 0.25) is 0 Å². The van der Waals surface area contributed by atoms with E-state index < -0.39 is 0 Å². The van der Waals surface area contributed by atoms with Crippen molar-refractivity contribution in [2.75, 3.05) is 6.54 Å². The highest BCUT2D eigenvalue weighted by molar-refractivity contribution is 9.10. The van der Waals surface area contributed by atoms with Gasteiger partial charge in [-0.15, -0.1) is 23.1 Å². The molecule has 0 unspecified atom stereocenters. The predicted molar refractivity (Wildman–Crippen MR) is 97.1 cm³/mol. The average molecular weight is 385 g/mol. The molecule has 0 radical (unpaired) electrons. The number of halogens is 1. The zero-order valence-electron chi connectivity index (χ0n) is 12.6. The number of hydrogen-bond donors (Lipinski definition) is 1. The van der Waals surface area contributed by atoms with Crippen LogP contribution in [0.4, 0.5) is 0 Å². The van der Waals surface area contributed by atoms with Crippen LogP contribution < -0.4 is 5.32 Å². The second-order valence-electron chi connectivity index (χ2n) is 5.38. The van der Waals surface area contributed by atoms with Gasteiger partial charge in [-0.25, -0.2) is 4.98 Å². The predicted octanol–water partition coefficient (Wildman–Crippen LogP) is 5.25. The fraction of sp³-hybridized carbons (Fsp3) is 0.438. The molecule has 0 aliphatic rings. The minimum absolute atomic E-state index is 0.686. The molecule has 2 nitrogen and oxygen atoms in total. The van der Waals surface area contributed by atoms with Gasteiger partial charge in [0.2, 0.25) is 0 Å². The van der Waals surface area contributed by atoms with Gasteiger partial charge in [0.05, 0.1) is 11.4 Å². The van der Waals surface area contributed by atoms with Gasteiger partial charge in [0.25, 0.3) is 0 Å². The average Bonchev–Trinajstić information content (AvgIpc) is 2.78. The molecule has 0 spiro atoms. The lowest BCUT2D eigenvalue weighted by atomic mass is 10.2. The summed E-state index contributed by atoms with van der Waals surface area (Å²) in [7, 11) is 0. The molecule has 21 heavy (non-hydrogen) atoms. The molecule has 0 aliphatic carbocycles. The van der Waals surface area contributed by atoms with Crippen molar-refractivity contribution in [2.24, 2.45) is 5.92 Å². The molecular formula is C16H21BrN2S2. The number of nitrogens with one attached hydrogen (secondary N) is 1. The van der Waals surface area contributed by atoms with Crippen molar-refractivity contribution in [3.63, 3.8) is 0 Å². The minimum atomic E-state index is 0.686. The molecule has 0 atom stereocenters. The molecule has 5 heteroatoms. The van der Waals surface area contributed by atoms with Crippen molar-refractivity contribution in [1.82, 2.24) is 10.3 Å². The van der Waals surface area contributed by atoms with E-state index in [1.165, 1.54) is 20.5 Å². The van der Waals surface area contributed by atoms with Gasteiger partial charge in [0.1, 0.15) is 5.01 Å². The summed E-state index contributed by atoms with van der Waals surface area (Å²) in [6, 6.07) is 8.44. The summed E-state index contributed by atoms with van der Waals surface area (Å²) in [6.07, 6.45) is 0. The topological polar surface area (TPSA) is 24.9 Å². The minimum Gasteiger partial charge on any atom is -0.312 e. The number of aromatic nitrogens is 1. The zero-order valence-corrected chi connectivity index (χ0v) is 15.9. The Morgan fingerprint density at radius 1 is 1.29 bits per heavy atom. The Labute approximate surface area is 143 Å². The first-order chi connectivity index (χ1) is 10.0. The van der Waals surface area contributed by atoms with Crippen molar-refractivity contribution in [1.29, 1.82) is 0 Å². The molecule has 1 aromatic heterocycles. The Bertz CT molecular complexity index is 564. The van der Waals surface area contributed by atoms with Crippen LogP contribution in [-0.2, 0) is 12.3 Å². The van der Waals surface area contributed by atoms with E-state index in [0.717, 1.165) is 23.3 Å². The maximum absolute atomic E-state index is 4.69. The maximum Gasteiger partial charge on any atom is 0.103 e. The van der Waals surface area contributed by atoms with E-state index in [1.54, 1.807) is 0 Å². The Morgan fingerprint density at radius 2 is 2.00 bits per heavy atom. The van der Waals surface area contributed by atoms with E-state index in [-0.39, 0.29) is 0 Å². The van der Waals surface area contributed by atoms with Crippen LogP contribution in [0.15, 0.2) is 33.6 Å². The van der Waals surface area contributed by atoms with E-state index in [4.69, 9.17) is 0 Å². The highest BCUT2D eigenvalue weighted by atomic mass is 79.9. The summed E-state index contributed by atoms with van der Waals surface area (Å²) >= 11 is 7.13. The molecule has 1 aromatic carbocycles. The van der Waals surface area contributed by atoms with Crippen LogP contribution in [0.25, 0.3) is 0 Å². The van der Waals surface area contributed by atoms with Crippen LogP contribution in [0.1, 0.15) is 29.4 Å². The lowest BCUT2D eigenvalue weighted by Gasteiger charge is -2.05. The van der Waals surface area contributed by atoms with Crippen molar-refractivity contribution in [3.05, 3.63) is 44.3 Å². The van der Waals surface area contributed by atoms with E-state index in [9.17, 15) is 0 Å². The van der Waals surface area contributed by atoms with Gasteiger partial charge < -0.3 is 5.32 Å². The van der Waals surface area contributed by atoms with Crippen molar-refractivity contribution >= 4 is 39.0 Å². The molecule has 0 aliphatic heterocycles. The molecule has 2 aromatic rings. The van der Waals surface area contributed by atoms with E-state index in [0.29, 0.717) is 5.92 Å². The van der Waals surface area contributed by atoms with E-state index >= 15 is 0 Å². The largest absolute Gasteiger partial charge is 0.312 e. The van der Waals surface area contributed by atoms with Gasteiger partial charge in [-0.2, -0.15) is 0 Å². The number of benzene rings is 1. The summed E-state index contributed by atoms with van der Waals surface area (Å²) < 4.78 is 1.12. The first kappa shape index (κ1) is 17.0. The number of nitrogens with zero attached hydrogens (tertiary/aromatic N) is 1. The molecule has 1 N–H and O–H groups in total. The molecule has 0 saturated heterocycles. The summed E-state index contributed by atoms with van der Waals surface area (Å²) in [6.45, 7) is 8.56. The SMILES string of the molecule is Cc1nc(CSc2ccc(Br)cc2)sc1CNCC(C)C. The van der Waals surface area contributed by atoms with Gasteiger partial charge >= 0.3 is 0 Å². The molecule has 0 saturated carbocycles. The van der Waals surface area contributed by atoms with Crippen LogP contribution in [0.3, 0.4) is 0 Å². The third-order valence-electron chi connectivity index (χ3n) is 2.95. The summed E-state index contributed by atoms with van der Waals surface area (Å²) in [5.41, 5.74) is 1.17. The molecule has 0 fully saturated rings. The van der Waals surface area contributed by atoms with Crippen LogP contribution in [0, 0.1) is 12.8 Å². The zero-order chi connectivity index (χ0) is 15.2. The second kappa shape index (κ2) is 8.32. The molecule has 0 bridgehead atoms. The standard InChI is InChI=1S/C16H21BrN2S2/c1-11(2)8-18-9-15-12(3)19-16(21-15)10-20-14-6-4-13(17)5-7-14/h4-7,11,18H,8-10H2,1-3H3. The number of rotatable bonds is 7. The maximum atomic E-state index is 4.69. The Kier molecular flexibility index (Phi) is 6.74. The second-order valence-corrected chi connectivity index (χ2v) is 8.52. The smallest absolute Gasteiger partial charge is 0.103 e. The highest BCUT2D eigenvalue weighted by Gasteiger charge is 2.08. The quantitative estimate of drug-likeness (QED) is 0.659. The summed E-state index contributed by atoms with van der Waals surface area (Å²) in [5.74, 6) is 1.63. The monoisotopic (exact) mass is 384 g/mol. The first-order valence-corrected chi connectivity index (χ1v) is 9.68. The number of thioether (sulfide) groups is 1. The van der Waals surface area contributed by atoms with Crippen molar-refractivity contribution in [2.45, 2.75) is 38.0 Å². The van der Waals surface area contributed by atoms with Crippen LogP contribution >= 0.6 is 39.0 Å². The third kappa shape index (κ3) is 5.74. The normalized spacial score (nSPS) is 11.3. The van der Waals surface area contributed by atoms with E-state index in [1.807, 2.05) is 23.1 Å². The van der Waals surface area contributed by atoms with Crippen LogP contribution in [-0.4, -0.2) is 11.5 Å². The van der Waals surface area contributed by atoms with E-state index in [2.05, 4.69) is 71.3 Å². The van der Waals surface area contributed by atoms with Gasteiger partial charge in [-0.05, 0) is 43.7 Å². The van der Waals surface area contributed by atoms with Gasteiger partial charge in [0, 0.05) is 20.8 Å². The van der Waals surface area contributed by atoms with Gasteiger partial charge in [0.15, 0.2) is 0 Å². The Hall–Kier alpha value is -0.360. The molecule has 2 rings (SSSR count). The number of aryl methyl sites for hydroxylation is 1. The van der Waals surface area contributed by atoms with Gasteiger partial charge in [-0.3, -0.25) is 0 Å². The fourth-order valence-electron chi connectivity index (χ4n) is 1.86.